The SMILES string of the molecule is Cc1ccnc(SCC(=O)C=C2N(C)c3ccccc3C2(C)C)n1. The summed E-state index contributed by atoms with van der Waals surface area (Å²) in [6.07, 6.45) is 3.49. The number of aryl methyl sites for hydroxylation is 1. The van der Waals surface area contributed by atoms with Crippen LogP contribution in [0.15, 0.2) is 53.5 Å². The molecule has 0 atom stereocenters. The van der Waals surface area contributed by atoms with Crippen LogP contribution in [0.4, 0.5) is 5.69 Å². The summed E-state index contributed by atoms with van der Waals surface area (Å²) < 4.78 is 0. The van der Waals surface area contributed by atoms with Gasteiger partial charge in [-0.1, -0.05) is 43.8 Å². The molecule has 0 N–H and O–H groups in total. The minimum absolute atomic E-state index is 0.0767. The molecule has 1 aliphatic rings. The van der Waals surface area contributed by atoms with Gasteiger partial charge in [-0.2, -0.15) is 0 Å². The summed E-state index contributed by atoms with van der Waals surface area (Å²) in [4.78, 5) is 23.1. The number of rotatable bonds is 4. The van der Waals surface area contributed by atoms with E-state index in [1.165, 1.54) is 17.3 Å². The molecule has 5 heteroatoms. The van der Waals surface area contributed by atoms with Gasteiger partial charge in [-0.15, -0.1) is 0 Å². The Bertz CT molecular complexity index is 814. The number of fused-ring (bicyclic) bond motifs is 1. The van der Waals surface area contributed by atoms with Gasteiger partial charge in [0.2, 0.25) is 0 Å². The average molecular weight is 339 g/mol. The molecule has 0 saturated carbocycles. The number of para-hydroxylation sites is 1. The Labute approximate surface area is 147 Å². The number of aromatic nitrogens is 2. The fraction of sp³-hybridized carbons (Fsp3) is 0.316. The standard InChI is InChI=1S/C19H21N3OS/c1-13-9-10-20-18(21-13)24-12-14(23)11-17-19(2,3)15-7-5-6-8-16(15)22(17)4/h5-11H,12H2,1-4H3. The van der Waals surface area contributed by atoms with E-state index in [1.54, 1.807) is 12.3 Å². The molecule has 1 aliphatic heterocycles. The number of anilines is 1. The number of likely N-dealkylation sites (N-methyl/N-ethyl adjacent to an activating group) is 1. The lowest BCUT2D eigenvalue weighted by Crippen LogP contribution is -2.24. The average Bonchev–Trinajstić information content (AvgIpc) is 2.75. The van der Waals surface area contributed by atoms with Crippen LogP contribution in [0.1, 0.15) is 25.1 Å². The van der Waals surface area contributed by atoms with Crippen molar-refractivity contribution >= 4 is 23.2 Å². The number of carbonyl (C=O) groups excluding carboxylic acids is 1. The molecule has 0 unspecified atom stereocenters. The first-order chi connectivity index (χ1) is 11.4. The van der Waals surface area contributed by atoms with Gasteiger partial charge < -0.3 is 4.90 Å². The molecular formula is C19H21N3OS. The van der Waals surface area contributed by atoms with Gasteiger partial charge in [-0.3, -0.25) is 4.79 Å². The molecule has 0 fully saturated rings. The fourth-order valence-electron chi connectivity index (χ4n) is 3.08. The van der Waals surface area contributed by atoms with Crippen LogP contribution in [0.5, 0.6) is 0 Å². The number of hydrogen-bond acceptors (Lipinski definition) is 5. The van der Waals surface area contributed by atoms with Crippen molar-refractivity contribution in [3.8, 4) is 0 Å². The molecule has 2 heterocycles. The zero-order chi connectivity index (χ0) is 17.3. The van der Waals surface area contributed by atoms with Gasteiger partial charge in [0.1, 0.15) is 0 Å². The molecule has 0 amide bonds. The maximum Gasteiger partial charge on any atom is 0.188 e. The van der Waals surface area contributed by atoms with Crippen molar-refractivity contribution in [2.75, 3.05) is 17.7 Å². The minimum Gasteiger partial charge on any atom is -0.347 e. The van der Waals surface area contributed by atoms with Gasteiger partial charge in [-0.25, -0.2) is 9.97 Å². The van der Waals surface area contributed by atoms with Gasteiger partial charge in [-0.05, 0) is 24.6 Å². The predicted octanol–water partition coefficient (Wildman–Crippen LogP) is 3.76. The zero-order valence-electron chi connectivity index (χ0n) is 14.4. The third kappa shape index (κ3) is 3.08. The van der Waals surface area contributed by atoms with Crippen LogP contribution in [-0.4, -0.2) is 28.6 Å². The molecule has 0 radical (unpaired) electrons. The zero-order valence-corrected chi connectivity index (χ0v) is 15.2. The van der Waals surface area contributed by atoms with Gasteiger partial charge >= 0.3 is 0 Å². The summed E-state index contributed by atoms with van der Waals surface area (Å²) in [5.41, 5.74) is 4.17. The van der Waals surface area contributed by atoms with Crippen LogP contribution in [0, 0.1) is 6.92 Å². The quantitative estimate of drug-likeness (QED) is 0.482. The molecule has 4 nitrogen and oxygen atoms in total. The molecule has 1 aromatic carbocycles. The second-order valence-electron chi connectivity index (χ2n) is 6.47. The third-order valence-corrected chi connectivity index (χ3v) is 5.24. The molecule has 124 valence electrons. The molecule has 3 rings (SSSR count). The number of ketones is 1. The van der Waals surface area contributed by atoms with Crippen LogP contribution in [0.2, 0.25) is 0 Å². The Morgan fingerprint density at radius 3 is 2.75 bits per heavy atom. The monoisotopic (exact) mass is 339 g/mol. The van der Waals surface area contributed by atoms with E-state index in [1.807, 2.05) is 32.2 Å². The Kier molecular flexibility index (Phi) is 4.45. The van der Waals surface area contributed by atoms with Crippen molar-refractivity contribution in [3.05, 3.63) is 59.6 Å². The van der Waals surface area contributed by atoms with Crippen LogP contribution >= 0.6 is 11.8 Å². The molecule has 1 aromatic heterocycles. The molecular weight excluding hydrogens is 318 g/mol. The molecule has 24 heavy (non-hydrogen) atoms. The highest BCUT2D eigenvalue weighted by atomic mass is 32.2. The van der Waals surface area contributed by atoms with E-state index in [0.717, 1.165) is 17.1 Å². The highest BCUT2D eigenvalue weighted by molar-refractivity contribution is 7.99. The maximum absolute atomic E-state index is 12.5. The first kappa shape index (κ1) is 16.7. The van der Waals surface area contributed by atoms with Crippen LogP contribution < -0.4 is 4.90 Å². The highest BCUT2D eigenvalue weighted by Gasteiger charge is 2.38. The predicted molar refractivity (Wildman–Crippen MR) is 98.5 cm³/mol. The maximum atomic E-state index is 12.5. The van der Waals surface area contributed by atoms with E-state index in [9.17, 15) is 4.79 Å². The summed E-state index contributed by atoms with van der Waals surface area (Å²) in [7, 11) is 2.02. The Hall–Kier alpha value is -2.14. The van der Waals surface area contributed by atoms with Crippen molar-refractivity contribution in [1.29, 1.82) is 0 Å². The third-order valence-electron chi connectivity index (χ3n) is 4.35. The molecule has 0 spiro atoms. The Morgan fingerprint density at radius 2 is 2.04 bits per heavy atom. The van der Waals surface area contributed by atoms with E-state index >= 15 is 0 Å². The number of nitrogens with zero attached hydrogens (tertiary/aromatic N) is 3. The Balaban J connectivity index is 1.77. The first-order valence-corrected chi connectivity index (χ1v) is 8.89. The molecule has 2 aromatic rings. The van der Waals surface area contributed by atoms with Gasteiger partial charge in [0.25, 0.3) is 0 Å². The van der Waals surface area contributed by atoms with Crippen LogP contribution in [-0.2, 0) is 10.2 Å². The van der Waals surface area contributed by atoms with Crippen molar-refractivity contribution in [2.24, 2.45) is 0 Å². The lowest BCUT2D eigenvalue weighted by molar-refractivity contribution is -0.112. The number of thioether (sulfide) groups is 1. The topological polar surface area (TPSA) is 46.1 Å². The van der Waals surface area contributed by atoms with Gasteiger partial charge in [0, 0.05) is 41.8 Å². The molecule has 0 saturated heterocycles. The Morgan fingerprint density at radius 1 is 1.29 bits per heavy atom. The van der Waals surface area contributed by atoms with Crippen molar-refractivity contribution in [3.63, 3.8) is 0 Å². The summed E-state index contributed by atoms with van der Waals surface area (Å²) in [5.74, 6) is 0.417. The second kappa shape index (κ2) is 6.40. The summed E-state index contributed by atoms with van der Waals surface area (Å²) in [6, 6.07) is 10.1. The molecule has 0 aliphatic carbocycles. The van der Waals surface area contributed by atoms with Crippen molar-refractivity contribution < 1.29 is 4.79 Å². The van der Waals surface area contributed by atoms with E-state index in [4.69, 9.17) is 0 Å². The van der Waals surface area contributed by atoms with Gasteiger partial charge in [0.15, 0.2) is 10.9 Å². The van der Waals surface area contributed by atoms with E-state index in [-0.39, 0.29) is 11.2 Å². The normalized spacial score (nSPS) is 17.2. The lowest BCUT2D eigenvalue weighted by atomic mass is 9.83. The van der Waals surface area contributed by atoms with E-state index in [2.05, 4.69) is 40.8 Å². The van der Waals surface area contributed by atoms with Gasteiger partial charge in [0.05, 0.1) is 5.75 Å². The molecule has 0 bridgehead atoms. The van der Waals surface area contributed by atoms with Crippen molar-refractivity contribution in [1.82, 2.24) is 9.97 Å². The lowest BCUT2D eigenvalue weighted by Gasteiger charge is -2.23. The first-order valence-electron chi connectivity index (χ1n) is 7.90. The number of benzene rings is 1. The van der Waals surface area contributed by atoms with E-state index < -0.39 is 0 Å². The second-order valence-corrected chi connectivity index (χ2v) is 7.41. The number of hydrogen-bond donors (Lipinski definition) is 0. The fourth-order valence-corrected chi connectivity index (χ4v) is 3.78. The minimum atomic E-state index is -0.175. The van der Waals surface area contributed by atoms with Crippen LogP contribution in [0.25, 0.3) is 0 Å². The summed E-state index contributed by atoms with van der Waals surface area (Å²) >= 11 is 1.38. The van der Waals surface area contributed by atoms with E-state index in [0.29, 0.717) is 10.9 Å². The van der Waals surface area contributed by atoms with Crippen LogP contribution in [0.3, 0.4) is 0 Å². The smallest absolute Gasteiger partial charge is 0.188 e. The number of allylic oxidation sites excluding steroid dienone is 2. The van der Waals surface area contributed by atoms with Crippen molar-refractivity contribution in [2.45, 2.75) is 31.3 Å². The highest BCUT2D eigenvalue weighted by Crippen LogP contribution is 2.46. The summed E-state index contributed by atoms with van der Waals surface area (Å²) in [6.45, 7) is 6.24. The number of carbonyl (C=O) groups is 1. The summed E-state index contributed by atoms with van der Waals surface area (Å²) in [5, 5.41) is 0.643. The largest absolute Gasteiger partial charge is 0.347 e.